The number of amides is 1. The van der Waals surface area contributed by atoms with Crippen LogP contribution in [0.25, 0.3) is 0 Å². The lowest BCUT2D eigenvalue weighted by atomic mass is 10.0. The standard InChI is InChI=1S/C12H17ClN2O2/c1-7-6-9(17-5)10(8(2)11(7)13)12(16)14-15(3)4/h6H,1-5H3,(H,14,16). The Kier molecular flexibility index (Phi) is 4.37. The summed E-state index contributed by atoms with van der Waals surface area (Å²) in [6, 6.07) is 1.76. The van der Waals surface area contributed by atoms with Gasteiger partial charge in [0.1, 0.15) is 5.75 Å². The van der Waals surface area contributed by atoms with Gasteiger partial charge in [0, 0.05) is 19.1 Å². The van der Waals surface area contributed by atoms with Gasteiger partial charge in [0.2, 0.25) is 0 Å². The molecule has 17 heavy (non-hydrogen) atoms. The minimum Gasteiger partial charge on any atom is -0.496 e. The summed E-state index contributed by atoms with van der Waals surface area (Å²) in [7, 11) is 5.03. The molecule has 0 aromatic heterocycles. The second kappa shape index (κ2) is 5.38. The van der Waals surface area contributed by atoms with Crippen molar-refractivity contribution in [1.82, 2.24) is 10.4 Å². The van der Waals surface area contributed by atoms with Crippen LogP contribution >= 0.6 is 11.6 Å². The highest BCUT2D eigenvalue weighted by molar-refractivity contribution is 6.32. The van der Waals surface area contributed by atoms with Crippen LogP contribution in [-0.4, -0.2) is 32.1 Å². The maximum Gasteiger partial charge on any atom is 0.269 e. The number of nitrogens with zero attached hydrogens (tertiary/aromatic N) is 1. The normalized spacial score (nSPS) is 10.5. The minimum absolute atomic E-state index is 0.230. The number of halogens is 1. The highest BCUT2D eigenvalue weighted by Crippen LogP contribution is 2.31. The number of carbonyl (C=O) groups is 1. The van der Waals surface area contributed by atoms with Crippen LogP contribution in [0.2, 0.25) is 5.02 Å². The van der Waals surface area contributed by atoms with Crippen molar-refractivity contribution in [2.75, 3.05) is 21.2 Å². The molecule has 1 N–H and O–H groups in total. The molecular weight excluding hydrogens is 240 g/mol. The Labute approximate surface area is 106 Å². The van der Waals surface area contributed by atoms with E-state index in [0.717, 1.165) is 11.1 Å². The molecule has 0 aliphatic heterocycles. The molecule has 0 spiro atoms. The summed E-state index contributed by atoms with van der Waals surface area (Å²) in [5.74, 6) is 0.301. The van der Waals surface area contributed by atoms with Gasteiger partial charge in [-0.05, 0) is 31.0 Å². The summed E-state index contributed by atoms with van der Waals surface area (Å²) in [6.07, 6.45) is 0. The van der Waals surface area contributed by atoms with E-state index in [1.54, 1.807) is 25.2 Å². The van der Waals surface area contributed by atoms with Gasteiger partial charge in [-0.2, -0.15) is 0 Å². The molecule has 0 heterocycles. The third-order valence-electron chi connectivity index (χ3n) is 2.42. The Morgan fingerprint density at radius 1 is 1.41 bits per heavy atom. The first-order chi connectivity index (χ1) is 7.88. The van der Waals surface area contributed by atoms with Crippen molar-refractivity contribution in [3.63, 3.8) is 0 Å². The average Bonchev–Trinajstić information content (AvgIpc) is 2.23. The zero-order valence-electron chi connectivity index (χ0n) is 10.7. The van der Waals surface area contributed by atoms with E-state index in [-0.39, 0.29) is 5.91 Å². The molecule has 1 aromatic rings. The predicted octanol–water partition coefficient (Wildman–Crippen LogP) is 2.17. The molecule has 0 fully saturated rings. The van der Waals surface area contributed by atoms with E-state index in [1.165, 1.54) is 7.11 Å². The molecule has 1 amide bonds. The molecule has 0 aliphatic rings. The molecule has 1 aromatic carbocycles. The Morgan fingerprint density at radius 2 is 2.00 bits per heavy atom. The SMILES string of the molecule is COc1cc(C)c(Cl)c(C)c1C(=O)NN(C)C. The monoisotopic (exact) mass is 256 g/mol. The Balaban J connectivity index is 3.30. The number of rotatable bonds is 3. The van der Waals surface area contributed by atoms with Crippen LogP contribution in [0.5, 0.6) is 5.75 Å². The van der Waals surface area contributed by atoms with Crippen LogP contribution in [0.4, 0.5) is 0 Å². The lowest BCUT2D eigenvalue weighted by molar-refractivity contribution is 0.0853. The molecule has 5 heteroatoms. The summed E-state index contributed by atoms with van der Waals surface area (Å²) in [5, 5.41) is 2.17. The van der Waals surface area contributed by atoms with Crippen molar-refractivity contribution in [2.45, 2.75) is 13.8 Å². The third kappa shape index (κ3) is 2.90. The van der Waals surface area contributed by atoms with E-state index in [0.29, 0.717) is 16.3 Å². The van der Waals surface area contributed by atoms with Gasteiger partial charge in [0.25, 0.3) is 5.91 Å². The van der Waals surface area contributed by atoms with Crippen LogP contribution in [0.15, 0.2) is 6.07 Å². The maximum absolute atomic E-state index is 12.0. The summed E-state index contributed by atoms with van der Waals surface area (Å²) in [4.78, 5) is 12.0. The van der Waals surface area contributed by atoms with Gasteiger partial charge in [-0.15, -0.1) is 0 Å². The van der Waals surface area contributed by atoms with Crippen molar-refractivity contribution in [3.05, 3.63) is 27.8 Å². The molecule has 0 radical (unpaired) electrons. The number of ether oxygens (including phenoxy) is 1. The van der Waals surface area contributed by atoms with E-state index in [9.17, 15) is 4.79 Å². The Bertz CT molecular complexity index is 445. The zero-order chi connectivity index (χ0) is 13.2. The van der Waals surface area contributed by atoms with Gasteiger partial charge in [0.05, 0.1) is 12.7 Å². The number of aryl methyl sites for hydroxylation is 1. The van der Waals surface area contributed by atoms with Gasteiger partial charge < -0.3 is 4.74 Å². The van der Waals surface area contributed by atoms with Crippen LogP contribution in [-0.2, 0) is 0 Å². The van der Waals surface area contributed by atoms with E-state index in [1.807, 2.05) is 13.8 Å². The molecule has 0 saturated carbocycles. The van der Waals surface area contributed by atoms with E-state index in [4.69, 9.17) is 16.3 Å². The molecule has 0 saturated heterocycles. The quantitative estimate of drug-likeness (QED) is 0.843. The highest BCUT2D eigenvalue weighted by atomic mass is 35.5. The summed E-state index contributed by atoms with van der Waals surface area (Å²) in [5.41, 5.74) is 4.76. The molecule has 4 nitrogen and oxygen atoms in total. The first-order valence-corrected chi connectivity index (χ1v) is 5.58. The van der Waals surface area contributed by atoms with E-state index in [2.05, 4.69) is 5.43 Å². The van der Waals surface area contributed by atoms with Crippen LogP contribution in [0.3, 0.4) is 0 Å². The first kappa shape index (κ1) is 13.8. The Hall–Kier alpha value is -1.26. The lowest BCUT2D eigenvalue weighted by Crippen LogP contribution is -2.36. The van der Waals surface area contributed by atoms with E-state index < -0.39 is 0 Å². The predicted molar refractivity (Wildman–Crippen MR) is 68.6 cm³/mol. The molecule has 0 unspecified atom stereocenters. The average molecular weight is 257 g/mol. The fraction of sp³-hybridized carbons (Fsp3) is 0.417. The van der Waals surface area contributed by atoms with Crippen molar-refractivity contribution >= 4 is 17.5 Å². The largest absolute Gasteiger partial charge is 0.496 e. The Morgan fingerprint density at radius 3 is 2.47 bits per heavy atom. The molecule has 94 valence electrons. The minimum atomic E-state index is -0.230. The van der Waals surface area contributed by atoms with Crippen molar-refractivity contribution in [1.29, 1.82) is 0 Å². The second-order valence-corrected chi connectivity index (χ2v) is 4.42. The summed E-state index contributed by atoms with van der Waals surface area (Å²) < 4.78 is 5.23. The lowest BCUT2D eigenvalue weighted by Gasteiger charge is -2.17. The van der Waals surface area contributed by atoms with Crippen molar-refractivity contribution in [2.24, 2.45) is 0 Å². The fourth-order valence-electron chi connectivity index (χ4n) is 1.62. The van der Waals surface area contributed by atoms with Crippen molar-refractivity contribution < 1.29 is 9.53 Å². The molecule has 0 bridgehead atoms. The van der Waals surface area contributed by atoms with Gasteiger partial charge in [0.15, 0.2) is 0 Å². The molecular formula is C12H17ClN2O2. The van der Waals surface area contributed by atoms with Crippen LogP contribution in [0.1, 0.15) is 21.5 Å². The number of hydrazine groups is 1. The van der Waals surface area contributed by atoms with Gasteiger partial charge >= 0.3 is 0 Å². The van der Waals surface area contributed by atoms with Crippen molar-refractivity contribution in [3.8, 4) is 5.75 Å². The van der Waals surface area contributed by atoms with Crippen LogP contribution < -0.4 is 10.2 Å². The zero-order valence-corrected chi connectivity index (χ0v) is 11.5. The number of hydrogen-bond donors (Lipinski definition) is 1. The fourth-order valence-corrected chi connectivity index (χ4v) is 1.77. The second-order valence-electron chi connectivity index (χ2n) is 4.05. The first-order valence-electron chi connectivity index (χ1n) is 5.20. The molecule has 0 aliphatic carbocycles. The third-order valence-corrected chi connectivity index (χ3v) is 3.00. The number of benzene rings is 1. The number of carbonyl (C=O) groups excluding carboxylic acids is 1. The highest BCUT2D eigenvalue weighted by Gasteiger charge is 2.19. The smallest absolute Gasteiger partial charge is 0.269 e. The number of methoxy groups -OCH3 is 1. The maximum atomic E-state index is 12.0. The molecule has 1 rings (SSSR count). The van der Waals surface area contributed by atoms with E-state index >= 15 is 0 Å². The van der Waals surface area contributed by atoms with Gasteiger partial charge in [-0.1, -0.05) is 11.6 Å². The number of nitrogens with one attached hydrogen (secondary N) is 1. The number of hydrogen-bond acceptors (Lipinski definition) is 3. The summed E-state index contributed by atoms with van der Waals surface area (Å²) >= 11 is 6.14. The molecule has 0 atom stereocenters. The van der Waals surface area contributed by atoms with Crippen LogP contribution in [0, 0.1) is 13.8 Å². The summed E-state index contributed by atoms with van der Waals surface area (Å²) in [6.45, 7) is 3.69. The van der Waals surface area contributed by atoms with Gasteiger partial charge in [-0.25, -0.2) is 5.01 Å². The van der Waals surface area contributed by atoms with Gasteiger partial charge in [-0.3, -0.25) is 10.2 Å². The topological polar surface area (TPSA) is 41.6 Å².